The smallest absolute Gasteiger partial charge is 1.00 e. The van der Waals surface area contributed by atoms with Crippen molar-refractivity contribution in [2.45, 2.75) is 28.7 Å². The van der Waals surface area contributed by atoms with Gasteiger partial charge in [-0.3, -0.25) is 21.0 Å². The summed E-state index contributed by atoms with van der Waals surface area (Å²) >= 11 is 0. The molecule has 0 saturated heterocycles. The molecule has 0 heterocycles. The third-order valence-electron chi connectivity index (χ3n) is 1.00. The van der Waals surface area contributed by atoms with E-state index in [0.717, 1.165) is 5.06 Å². The van der Waals surface area contributed by atoms with Gasteiger partial charge in [0.2, 0.25) is 5.91 Å². The fourth-order valence-electron chi connectivity index (χ4n) is 0.129. The molecule has 0 saturated carbocycles. The van der Waals surface area contributed by atoms with Crippen molar-refractivity contribution in [3.05, 3.63) is 25.8 Å². The van der Waals surface area contributed by atoms with E-state index in [4.69, 9.17) is 0 Å². The molecule has 0 radical (unpaired) electrons. The summed E-state index contributed by atoms with van der Waals surface area (Å²) in [6.45, 7) is 13.1. The van der Waals surface area contributed by atoms with Gasteiger partial charge in [-0.25, -0.2) is 5.06 Å². The average Bonchev–Trinajstić information content (AvgIpc) is 2.20. The largest absolute Gasteiger partial charge is 2.00 e. The number of hydroxylamine groups is 2. The van der Waals surface area contributed by atoms with E-state index in [-0.39, 0.29) is 66.6 Å². The van der Waals surface area contributed by atoms with Gasteiger partial charge in [0.1, 0.15) is 0 Å². The van der Waals surface area contributed by atoms with Crippen molar-refractivity contribution in [1.82, 2.24) is 5.06 Å². The molecular formula is C12H26BrMgNO3. The van der Waals surface area contributed by atoms with Gasteiger partial charge in [0.25, 0.3) is 0 Å². The number of hydrogen-bond acceptors (Lipinski definition) is 3. The fraction of sp³-hybridized carbons (Fsp3) is 0.500. The Hall–Kier alpha value is -0.174. The topological polar surface area (TPSA) is 46.6 Å². The first kappa shape index (κ1) is 43.1. The molecule has 0 bridgehead atoms. The van der Waals surface area contributed by atoms with Crippen molar-refractivity contribution in [1.29, 1.82) is 0 Å². The minimum atomic E-state index is -0.0949. The quantitative estimate of drug-likeness (QED) is 0.290. The van der Waals surface area contributed by atoms with Gasteiger partial charge in [0.05, 0.1) is 7.11 Å². The normalized spacial score (nSPS) is 5.33. The standard InChI is InChI=1S/C4H9NO2.C4H6O.C2H3.2CH4.BrH.Mg/c1-4(6)5(2)7-3;1-3-4(2)5;1-2;;;;/h1-3H3;3H,1H2,2H3;1H,2H2;2*1H4;1H;/q;;-1;;;;+2/p-1. The van der Waals surface area contributed by atoms with Gasteiger partial charge in [-0.15, -0.1) is 0 Å². The van der Waals surface area contributed by atoms with Gasteiger partial charge < -0.3 is 23.6 Å². The van der Waals surface area contributed by atoms with Crippen LogP contribution in [0.4, 0.5) is 0 Å². The number of amides is 1. The first-order valence-electron chi connectivity index (χ1n) is 3.78. The van der Waals surface area contributed by atoms with Crippen molar-refractivity contribution in [3.63, 3.8) is 0 Å². The van der Waals surface area contributed by atoms with Crippen molar-refractivity contribution in [2.24, 2.45) is 0 Å². The second-order valence-corrected chi connectivity index (χ2v) is 2.01. The van der Waals surface area contributed by atoms with Gasteiger partial charge in [0, 0.05) is 14.0 Å². The summed E-state index contributed by atoms with van der Waals surface area (Å²) in [5.41, 5.74) is 0. The summed E-state index contributed by atoms with van der Waals surface area (Å²) < 4.78 is 0. The Morgan fingerprint density at radius 3 is 1.44 bits per heavy atom. The number of halogens is 1. The third-order valence-corrected chi connectivity index (χ3v) is 1.00. The van der Waals surface area contributed by atoms with Crippen molar-refractivity contribution in [3.8, 4) is 0 Å². The Labute approximate surface area is 139 Å². The van der Waals surface area contributed by atoms with Gasteiger partial charge in [-0.05, 0) is 13.0 Å². The molecule has 0 fully saturated rings. The summed E-state index contributed by atoms with van der Waals surface area (Å²) in [4.78, 5) is 24.4. The predicted molar refractivity (Wildman–Crippen MR) is 75.5 cm³/mol. The van der Waals surface area contributed by atoms with Crippen LogP contribution in [0.2, 0.25) is 0 Å². The van der Waals surface area contributed by atoms with Gasteiger partial charge >= 0.3 is 23.1 Å². The van der Waals surface area contributed by atoms with Crippen molar-refractivity contribution < 1.29 is 31.4 Å². The van der Waals surface area contributed by atoms with Crippen LogP contribution in [0.3, 0.4) is 0 Å². The van der Waals surface area contributed by atoms with Crippen molar-refractivity contribution in [2.75, 3.05) is 14.2 Å². The molecular weight excluding hydrogens is 310 g/mol. The number of rotatable bonds is 2. The molecule has 0 N–H and O–H groups in total. The first-order chi connectivity index (χ1) is 6.45. The molecule has 106 valence electrons. The minimum Gasteiger partial charge on any atom is -1.00 e. The number of carbonyl (C=O) groups is 2. The van der Waals surface area contributed by atoms with E-state index < -0.39 is 0 Å². The molecule has 0 aliphatic heterocycles. The van der Waals surface area contributed by atoms with Crippen LogP contribution in [0.25, 0.3) is 0 Å². The molecule has 0 aliphatic rings. The summed E-state index contributed by atoms with van der Waals surface area (Å²) in [7, 11) is 3.00. The van der Waals surface area contributed by atoms with Crippen LogP contribution < -0.4 is 17.0 Å². The molecule has 0 rings (SSSR count). The van der Waals surface area contributed by atoms with Gasteiger partial charge in [0.15, 0.2) is 5.78 Å². The van der Waals surface area contributed by atoms with Gasteiger partial charge in [-0.1, -0.05) is 21.4 Å². The monoisotopic (exact) mass is 335 g/mol. The zero-order chi connectivity index (χ0) is 12.1. The van der Waals surface area contributed by atoms with E-state index in [0.29, 0.717) is 0 Å². The van der Waals surface area contributed by atoms with E-state index >= 15 is 0 Å². The Bertz CT molecular complexity index is 190. The van der Waals surface area contributed by atoms with E-state index in [1.54, 1.807) is 7.05 Å². The molecule has 0 unspecified atom stereocenters. The van der Waals surface area contributed by atoms with Crippen LogP contribution in [0.15, 0.2) is 19.2 Å². The third kappa shape index (κ3) is 56.8. The number of hydrogen-bond donors (Lipinski definition) is 0. The van der Waals surface area contributed by atoms with Crippen LogP contribution in [0.1, 0.15) is 28.7 Å². The Morgan fingerprint density at radius 2 is 1.44 bits per heavy atom. The maximum atomic E-state index is 10.2. The van der Waals surface area contributed by atoms with E-state index in [1.807, 2.05) is 0 Å². The molecule has 0 aromatic rings. The van der Waals surface area contributed by atoms with Crippen LogP contribution in [-0.4, -0.2) is 54.0 Å². The minimum absolute atomic E-state index is 0. The number of carbonyl (C=O) groups excluding carboxylic acids is 2. The summed E-state index contributed by atoms with van der Waals surface area (Å²) in [6.07, 6.45) is 1.28. The maximum Gasteiger partial charge on any atom is 2.00 e. The molecule has 1 amide bonds. The average molecular weight is 337 g/mol. The molecule has 0 atom stereocenters. The van der Waals surface area contributed by atoms with E-state index in [2.05, 4.69) is 24.6 Å². The van der Waals surface area contributed by atoms with Crippen molar-refractivity contribution >= 4 is 34.7 Å². The van der Waals surface area contributed by atoms with E-state index in [9.17, 15) is 9.59 Å². The molecule has 6 heteroatoms. The summed E-state index contributed by atoms with van der Waals surface area (Å²) in [5, 5.41) is 1.15. The number of allylic oxidation sites excluding steroid dienone is 1. The molecule has 0 aliphatic carbocycles. The number of nitrogens with zero attached hydrogens (tertiary/aromatic N) is 1. The molecule has 0 spiro atoms. The van der Waals surface area contributed by atoms with Crippen LogP contribution in [-0.2, 0) is 14.4 Å². The molecule has 0 aromatic heterocycles. The molecule has 4 nitrogen and oxygen atoms in total. The van der Waals surface area contributed by atoms with Crippen LogP contribution >= 0.6 is 0 Å². The SMILES string of the molecule is C.C.C=CC(C)=O.CON(C)C(C)=O.[Br-].[CH-]=C.[Mg+2]. The Kier molecular flexibility index (Phi) is 86.0. The zero-order valence-electron chi connectivity index (χ0n) is 10.3. The Morgan fingerprint density at radius 1 is 1.22 bits per heavy atom. The second kappa shape index (κ2) is 36.0. The molecule has 0 aromatic carbocycles. The molecule has 18 heavy (non-hydrogen) atoms. The summed E-state index contributed by atoms with van der Waals surface area (Å²) in [6, 6.07) is 0. The van der Waals surface area contributed by atoms with Crippen LogP contribution in [0.5, 0.6) is 0 Å². The fourth-order valence-corrected chi connectivity index (χ4v) is 0.129. The predicted octanol–water partition coefficient (Wildman–Crippen LogP) is -0.712. The van der Waals surface area contributed by atoms with E-state index in [1.165, 1.54) is 27.0 Å². The zero-order valence-corrected chi connectivity index (χ0v) is 13.3. The summed E-state index contributed by atoms with van der Waals surface area (Å²) in [5.74, 6) is -0.0764. The maximum absolute atomic E-state index is 10.2. The Balaban J connectivity index is -0.0000000201. The first-order valence-corrected chi connectivity index (χ1v) is 3.78. The van der Waals surface area contributed by atoms with Gasteiger partial charge in [-0.2, -0.15) is 0 Å². The number of ketones is 1. The van der Waals surface area contributed by atoms with Crippen LogP contribution in [0, 0.1) is 6.58 Å². The second-order valence-electron chi connectivity index (χ2n) is 2.01.